The predicted molar refractivity (Wildman–Crippen MR) is 85.8 cm³/mol. The Morgan fingerprint density at radius 3 is 3.12 bits per heavy atom. The summed E-state index contributed by atoms with van der Waals surface area (Å²) in [7, 11) is 0. The molecule has 4 rings (SSSR count). The fourth-order valence-electron chi connectivity index (χ4n) is 3.23. The molecule has 2 aromatic rings. The van der Waals surface area contributed by atoms with E-state index in [9.17, 15) is 4.79 Å². The first-order valence-electron chi connectivity index (χ1n) is 8.30. The number of ether oxygens (including phenoxy) is 2. The summed E-state index contributed by atoms with van der Waals surface area (Å²) in [5.74, 6) is 3.39. The van der Waals surface area contributed by atoms with E-state index in [-0.39, 0.29) is 18.7 Å². The van der Waals surface area contributed by atoms with Gasteiger partial charge in [-0.3, -0.25) is 4.79 Å². The monoisotopic (exact) mass is 328 g/mol. The van der Waals surface area contributed by atoms with Gasteiger partial charge in [0.15, 0.2) is 17.3 Å². The maximum absolute atomic E-state index is 12.2. The van der Waals surface area contributed by atoms with Gasteiger partial charge < -0.3 is 19.4 Å². The third-order valence-electron chi connectivity index (χ3n) is 4.48. The molecular formula is C17H20N4O3. The molecule has 24 heavy (non-hydrogen) atoms. The maximum atomic E-state index is 12.2. The topological polar surface area (TPSA) is 78.3 Å². The first kappa shape index (κ1) is 15.0. The van der Waals surface area contributed by atoms with Crippen molar-refractivity contribution in [3.05, 3.63) is 35.4 Å². The highest BCUT2D eigenvalue weighted by Crippen LogP contribution is 2.32. The molecule has 0 saturated carbocycles. The molecular weight excluding hydrogens is 308 g/mol. The standard InChI is InChI=1S/C17H20N4O3/c1-11(17-20-19-15-3-2-8-21(15)17)18-16(22)7-5-12-4-6-13-14(9-12)24-10-23-13/h4,6,9,11H,2-3,5,7-8,10H2,1H3,(H,18,22)/t11-/m1/s1. The molecule has 1 aromatic carbocycles. The third-order valence-corrected chi connectivity index (χ3v) is 4.48. The largest absolute Gasteiger partial charge is 0.454 e. The number of rotatable bonds is 5. The van der Waals surface area contributed by atoms with Crippen LogP contribution < -0.4 is 14.8 Å². The van der Waals surface area contributed by atoms with E-state index in [1.807, 2.05) is 25.1 Å². The summed E-state index contributed by atoms with van der Waals surface area (Å²) < 4.78 is 12.8. The van der Waals surface area contributed by atoms with Gasteiger partial charge in [0.25, 0.3) is 0 Å². The van der Waals surface area contributed by atoms with E-state index < -0.39 is 0 Å². The first-order chi connectivity index (χ1) is 11.7. The van der Waals surface area contributed by atoms with Crippen molar-refractivity contribution >= 4 is 5.91 Å². The molecule has 1 amide bonds. The van der Waals surface area contributed by atoms with Gasteiger partial charge in [-0.05, 0) is 37.5 Å². The number of carbonyl (C=O) groups excluding carboxylic acids is 1. The zero-order chi connectivity index (χ0) is 16.5. The zero-order valence-electron chi connectivity index (χ0n) is 13.6. The Hall–Kier alpha value is -2.57. The van der Waals surface area contributed by atoms with Crippen LogP contribution in [-0.4, -0.2) is 27.5 Å². The number of aryl methyl sites for hydroxylation is 2. The molecule has 0 aliphatic carbocycles. The van der Waals surface area contributed by atoms with E-state index in [1.54, 1.807) is 0 Å². The minimum Gasteiger partial charge on any atom is -0.454 e. The molecule has 126 valence electrons. The van der Waals surface area contributed by atoms with E-state index in [0.717, 1.165) is 48.1 Å². The number of hydrogen-bond donors (Lipinski definition) is 1. The lowest BCUT2D eigenvalue weighted by Gasteiger charge is -2.14. The van der Waals surface area contributed by atoms with Gasteiger partial charge in [0, 0.05) is 19.4 Å². The number of benzene rings is 1. The van der Waals surface area contributed by atoms with Gasteiger partial charge in [0.05, 0.1) is 6.04 Å². The summed E-state index contributed by atoms with van der Waals surface area (Å²) in [4.78, 5) is 12.2. The number of nitrogens with one attached hydrogen (secondary N) is 1. The van der Waals surface area contributed by atoms with Crippen molar-refractivity contribution in [1.82, 2.24) is 20.1 Å². The lowest BCUT2D eigenvalue weighted by Crippen LogP contribution is -2.28. The third kappa shape index (κ3) is 2.81. The number of hydrogen-bond acceptors (Lipinski definition) is 5. The summed E-state index contributed by atoms with van der Waals surface area (Å²) in [5.41, 5.74) is 1.06. The number of aromatic nitrogens is 3. The average Bonchev–Trinajstić information content (AvgIpc) is 3.27. The van der Waals surface area contributed by atoms with E-state index in [4.69, 9.17) is 9.47 Å². The number of carbonyl (C=O) groups is 1. The second-order valence-electron chi connectivity index (χ2n) is 6.21. The van der Waals surface area contributed by atoms with Crippen LogP contribution in [0.5, 0.6) is 11.5 Å². The lowest BCUT2D eigenvalue weighted by molar-refractivity contribution is -0.121. The van der Waals surface area contributed by atoms with Crippen molar-refractivity contribution < 1.29 is 14.3 Å². The van der Waals surface area contributed by atoms with Crippen LogP contribution in [-0.2, 0) is 24.2 Å². The fraction of sp³-hybridized carbons (Fsp3) is 0.471. The quantitative estimate of drug-likeness (QED) is 0.905. The van der Waals surface area contributed by atoms with Crippen LogP contribution in [0.2, 0.25) is 0 Å². The molecule has 7 nitrogen and oxygen atoms in total. The van der Waals surface area contributed by atoms with Crippen molar-refractivity contribution in [2.75, 3.05) is 6.79 Å². The molecule has 7 heteroatoms. The molecule has 2 aliphatic rings. The highest BCUT2D eigenvalue weighted by atomic mass is 16.7. The van der Waals surface area contributed by atoms with Gasteiger partial charge in [-0.25, -0.2) is 0 Å². The molecule has 0 bridgehead atoms. The number of fused-ring (bicyclic) bond motifs is 2. The molecule has 3 heterocycles. The summed E-state index contributed by atoms with van der Waals surface area (Å²) in [6.45, 7) is 3.16. The predicted octanol–water partition coefficient (Wildman–Crippen LogP) is 1.76. The van der Waals surface area contributed by atoms with Crippen LogP contribution in [0.15, 0.2) is 18.2 Å². The van der Waals surface area contributed by atoms with Crippen molar-refractivity contribution in [2.45, 2.75) is 45.2 Å². The molecule has 1 N–H and O–H groups in total. The molecule has 0 fully saturated rings. The normalized spacial score (nSPS) is 16.0. The van der Waals surface area contributed by atoms with Crippen molar-refractivity contribution in [3.8, 4) is 11.5 Å². The van der Waals surface area contributed by atoms with Gasteiger partial charge in [-0.15, -0.1) is 10.2 Å². The van der Waals surface area contributed by atoms with Gasteiger partial charge in [0.1, 0.15) is 5.82 Å². The Morgan fingerprint density at radius 1 is 1.33 bits per heavy atom. The Kier molecular flexibility index (Phi) is 3.84. The SMILES string of the molecule is C[C@@H](NC(=O)CCc1ccc2c(c1)OCO2)c1nnc2n1CCC2. The fourth-order valence-corrected chi connectivity index (χ4v) is 3.23. The van der Waals surface area contributed by atoms with Gasteiger partial charge >= 0.3 is 0 Å². The molecule has 0 saturated heterocycles. The maximum Gasteiger partial charge on any atom is 0.231 e. The lowest BCUT2D eigenvalue weighted by atomic mass is 10.1. The van der Waals surface area contributed by atoms with Crippen molar-refractivity contribution in [1.29, 1.82) is 0 Å². The van der Waals surface area contributed by atoms with Gasteiger partial charge in [0.2, 0.25) is 12.7 Å². The van der Waals surface area contributed by atoms with E-state index in [0.29, 0.717) is 12.8 Å². The van der Waals surface area contributed by atoms with E-state index in [2.05, 4.69) is 20.1 Å². The van der Waals surface area contributed by atoms with E-state index >= 15 is 0 Å². The van der Waals surface area contributed by atoms with Crippen molar-refractivity contribution in [3.63, 3.8) is 0 Å². The highest BCUT2D eigenvalue weighted by Gasteiger charge is 2.22. The Labute approximate surface area is 140 Å². The second-order valence-corrected chi connectivity index (χ2v) is 6.21. The van der Waals surface area contributed by atoms with Crippen LogP contribution in [0, 0.1) is 0 Å². The van der Waals surface area contributed by atoms with Crippen LogP contribution in [0.3, 0.4) is 0 Å². The molecule has 1 atom stereocenters. The summed E-state index contributed by atoms with van der Waals surface area (Å²) in [6.07, 6.45) is 3.15. The second kappa shape index (κ2) is 6.14. The van der Waals surface area contributed by atoms with Crippen LogP contribution >= 0.6 is 0 Å². The van der Waals surface area contributed by atoms with Gasteiger partial charge in [-0.2, -0.15) is 0 Å². The molecule has 0 unspecified atom stereocenters. The zero-order valence-corrected chi connectivity index (χ0v) is 13.6. The molecule has 0 radical (unpaired) electrons. The van der Waals surface area contributed by atoms with Gasteiger partial charge in [-0.1, -0.05) is 6.07 Å². The van der Waals surface area contributed by atoms with Crippen LogP contribution in [0.4, 0.5) is 0 Å². The molecule has 1 aromatic heterocycles. The number of amides is 1. The summed E-state index contributed by atoms with van der Waals surface area (Å²) in [6, 6.07) is 5.66. The Bertz CT molecular complexity index is 771. The van der Waals surface area contributed by atoms with Crippen LogP contribution in [0.1, 0.15) is 43.0 Å². The van der Waals surface area contributed by atoms with E-state index in [1.165, 1.54) is 0 Å². The van der Waals surface area contributed by atoms with Crippen LogP contribution in [0.25, 0.3) is 0 Å². The van der Waals surface area contributed by atoms with Crippen molar-refractivity contribution in [2.24, 2.45) is 0 Å². The smallest absolute Gasteiger partial charge is 0.231 e. The first-order valence-corrected chi connectivity index (χ1v) is 8.30. The summed E-state index contributed by atoms with van der Waals surface area (Å²) in [5, 5.41) is 11.4. The number of nitrogens with zero attached hydrogens (tertiary/aromatic N) is 3. The molecule has 0 spiro atoms. The average molecular weight is 328 g/mol. The Morgan fingerprint density at radius 2 is 2.21 bits per heavy atom. The minimum absolute atomic E-state index is 0.00973. The highest BCUT2D eigenvalue weighted by molar-refractivity contribution is 5.76. The summed E-state index contributed by atoms with van der Waals surface area (Å²) >= 11 is 0. The molecule has 2 aliphatic heterocycles. The Balaban J connectivity index is 1.33. The minimum atomic E-state index is -0.131.